The standard InChI is InChI=1S/C21H28N2O3S/c1-3-22-27(25,26)20-14-11-19(12-15-20)13-16-21(24)23-17(2)9-10-18-7-5-4-6-8-18/h4-8,11-12,14-15,17,22H,3,9-10,13,16H2,1-2H3,(H,23,24)/t17-/m1/s1. The highest BCUT2D eigenvalue weighted by Crippen LogP contribution is 2.12. The van der Waals surface area contributed by atoms with E-state index in [1.54, 1.807) is 31.2 Å². The van der Waals surface area contributed by atoms with Crippen molar-refractivity contribution >= 4 is 15.9 Å². The highest BCUT2D eigenvalue weighted by Gasteiger charge is 2.12. The van der Waals surface area contributed by atoms with Gasteiger partial charge >= 0.3 is 0 Å². The summed E-state index contributed by atoms with van der Waals surface area (Å²) < 4.78 is 26.3. The van der Waals surface area contributed by atoms with E-state index in [-0.39, 0.29) is 16.8 Å². The minimum atomic E-state index is -3.43. The minimum Gasteiger partial charge on any atom is -0.354 e. The molecule has 0 spiro atoms. The molecule has 2 rings (SSSR count). The maximum atomic E-state index is 12.1. The molecule has 27 heavy (non-hydrogen) atoms. The molecule has 6 heteroatoms. The number of rotatable bonds is 10. The molecule has 2 N–H and O–H groups in total. The average molecular weight is 389 g/mol. The largest absolute Gasteiger partial charge is 0.354 e. The van der Waals surface area contributed by atoms with Crippen molar-refractivity contribution in [1.29, 1.82) is 0 Å². The Morgan fingerprint density at radius 1 is 0.963 bits per heavy atom. The molecule has 0 fully saturated rings. The second-order valence-electron chi connectivity index (χ2n) is 6.64. The van der Waals surface area contributed by atoms with Gasteiger partial charge in [-0.15, -0.1) is 0 Å². The Morgan fingerprint density at radius 3 is 2.22 bits per heavy atom. The highest BCUT2D eigenvalue weighted by molar-refractivity contribution is 7.89. The monoisotopic (exact) mass is 388 g/mol. The number of sulfonamides is 1. The summed E-state index contributed by atoms with van der Waals surface area (Å²) in [6.45, 7) is 4.11. The van der Waals surface area contributed by atoms with Gasteiger partial charge < -0.3 is 5.32 Å². The zero-order chi connectivity index (χ0) is 19.7. The van der Waals surface area contributed by atoms with Crippen molar-refractivity contribution in [3.8, 4) is 0 Å². The Hall–Kier alpha value is -2.18. The second kappa shape index (κ2) is 10.2. The van der Waals surface area contributed by atoms with Gasteiger partial charge in [0.1, 0.15) is 0 Å². The number of carbonyl (C=O) groups excluding carboxylic acids is 1. The molecular weight excluding hydrogens is 360 g/mol. The van der Waals surface area contributed by atoms with Crippen molar-refractivity contribution in [2.45, 2.75) is 50.5 Å². The van der Waals surface area contributed by atoms with E-state index in [0.29, 0.717) is 19.4 Å². The molecule has 2 aromatic rings. The third kappa shape index (κ3) is 7.15. The van der Waals surface area contributed by atoms with E-state index in [0.717, 1.165) is 18.4 Å². The summed E-state index contributed by atoms with van der Waals surface area (Å²) in [5.74, 6) is 0.0138. The van der Waals surface area contributed by atoms with Crippen LogP contribution in [0.2, 0.25) is 0 Å². The Morgan fingerprint density at radius 2 is 1.59 bits per heavy atom. The SMILES string of the molecule is CCNS(=O)(=O)c1ccc(CCC(=O)N[C@H](C)CCc2ccccc2)cc1. The molecule has 0 saturated heterocycles. The number of benzene rings is 2. The molecule has 1 atom stereocenters. The normalized spacial score (nSPS) is 12.5. The summed E-state index contributed by atoms with van der Waals surface area (Å²) >= 11 is 0. The second-order valence-corrected chi connectivity index (χ2v) is 8.41. The van der Waals surface area contributed by atoms with Crippen LogP contribution in [-0.4, -0.2) is 26.9 Å². The van der Waals surface area contributed by atoms with Crippen LogP contribution in [0, 0.1) is 0 Å². The minimum absolute atomic E-state index is 0.0138. The van der Waals surface area contributed by atoms with E-state index in [1.165, 1.54) is 5.56 Å². The molecule has 0 aromatic heterocycles. The molecule has 0 unspecified atom stereocenters. The van der Waals surface area contributed by atoms with Gasteiger partial charge in [-0.3, -0.25) is 4.79 Å². The lowest BCUT2D eigenvalue weighted by Gasteiger charge is -2.14. The van der Waals surface area contributed by atoms with Gasteiger partial charge in [0.25, 0.3) is 0 Å². The molecule has 0 saturated carbocycles. The van der Waals surface area contributed by atoms with Crippen LogP contribution in [0.1, 0.15) is 37.8 Å². The van der Waals surface area contributed by atoms with E-state index in [2.05, 4.69) is 22.2 Å². The van der Waals surface area contributed by atoms with Gasteiger partial charge in [0.15, 0.2) is 0 Å². The number of hydrogen-bond acceptors (Lipinski definition) is 3. The number of amides is 1. The van der Waals surface area contributed by atoms with Crippen molar-refractivity contribution in [3.05, 3.63) is 65.7 Å². The molecule has 0 radical (unpaired) electrons. The summed E-state index contributed by atoms with van der Waals surface area (Å²) in [4.78, 5) is 12.4. The maximum absolute atomic E-state index is 12.1. The third-order valence-electron chi connectivity index (χ3n) is 4.32. The highest BCUT2D eigenvalue weighted by atomic mass is 32.2. The van der Waals surface area contributed by atoms with Crippen LogP contribution in [-0.2, 0) is 27.7 Å². The van der Waals surface area contributed by atoms with Gasteiger partial charge in [0.2, 0.25) is 15.9 Å². The molecule has 0 heterocycles. The van der Waals surface area contributed by atoms with Crippen LogP contribution in [0.5, 0.6) is 0 Å². The zero-order valence-electron chi connectivity index (χ0n) is 15.9. The lowest BCUT2D eigenvalue weighted by molar-refractivity contribution is -0.121. The Labute approximate surface area is 162 Å². The first-order valence-electron chi connectivity index (χ1n) is 9.32. The lowest BCUT2D eigenvalue weighted by Crippen LogP contribution is -2.33. The average Bonchev–Trinajstić information content (AvgIpc) is 2.66. The van der Waals surface area contributed by atoms with E-state index in [4.69, 9.17) is 0 Å². The first kappa shape index (κ1) is 21.1. The quantitative estimate of drug-likeness (QED) is 0.657. The Balaban J connectivity index is 1.76. The van der Waals surface area contributed by atoms with E-state index in [9.17, 15) is 13.2 Å². The number of aryl methyl sites for hydroxylation is 2. The van der Waals surface area contributed by atoms with Crippen molar-refractivity contribution in [1.82, 2.24) is 10.0 Å². The number of hydrogen-bond donors (Lipinski definition) is 2. The molecule has 0 aliphatic rings. The Kier molecular flexibility index (Phi) is 8.00. The van der Waals surface area contributed by atoms with Gasteiger partial charge in [-0.2, -0.15) is 0 Å². The predicted molar refractivity (Wildman–Crippen MR) is 108 cm³/mol. The fraction of sp³-hybridized carbons (Fsp3) is 0.381. The van der Waals surface area contributed by atoms with Gasteiger partial charge in [-0.1, -0.05) is 49.4 Å². The zero-order valence-corrected chi connectivity index (χ0v) is 16.8. The van der Waals surface area contributed by atoms with E-state index >= 15 is 0 Å². The van der Waals surface area contributed by atoms with E-state index < -0.39 is 10.0 Å². The fourth-order valence-corrected chi connectivity index (χ4v) is 3.85. The smallest absolute Gasteiger partial charge is 0.240 e. The van der Waals surface area contributed by atoms with Crippen LogP contribution < -0.4 is 10.0 Å². The van der Waals surface area contributed by atoms with Crippen LogP contribution in [0.3, 0.4) is 0 Å². The molecule has 0 aliphatic heterocycles. The van der Waals surface area contributed by atoms with Gasteiger partial charge in [0.05, 0.1) is 4.90 Å². The van der Waals surface area contributed by atoms with Gasteiger partial charge in [-0.25, -0.2) is 13.1 Å². The molecule has 0 bridgehead atoms. The van der Waals surface area contributed by atoms with Crippen molar-refractivity contribution < 1.29 is 13.2 Å². The maximum Gasteiger partial charge on any atom is 0.240 e. The van der Waals surface area contributed by atoms with Gasteiger partial charge in [-0.05, 0) is 49.4 Å². The first-order valence-corrected chi connectivity index (χ1v) is 10.8. The lowest BCUT2D eigenvalue weighted by atomic mass is 10.1. The van der Waals surface area contributed by atoms with Crippen LogP contribution in [0.25, 0.3) is 0 Å². The first-order chi connectivity index (χ1) is 12.9. The van der Waals surface area contributed by atoms with Crippen LogP contribution in [0.4, 0.5) is 0 Å². The van der Waals surface area contributed by atoms with Crippen molar-refractivity contribution in [3.63, 3.8) is 0 Å². The van der Waals surface area contributed by atoms with Gasteiger partial charge in [0, 0.05) is 19.0 Å². The number of carbonyl (C=O) groups is 1. The summed E-state index contributed by atoms with van der Waals surface area (Å²) in [5.41, 5.74) is 2.21. The summed E-state index contributed by atoms with van der Waals surface area (Å²) in [7, 11) is -3.43. The molecule has 2 aromatic carbocycles. The van der Waals surface area contributed by atoms with Crippen LogP contribution in [0.15, 0.2) is 59.5 Å². The summed E-state index contributed by atoms with van der Waals surface area (Å²) in [5, 5.41) is 3.03. The Bertz CT molecular complexity index is 818. The molecule has 1 amide bonds. The fourth-order valence-electron chi connectivity index (χ4n) is 2.81. The molecular formula is C21H28N2O3S. The number of nitrogens with one attached hydrogen (secondary N) is 2. The van der Waals surface area contributed by atoms with Crippen molar-refractivity contribution in [2.24, 2.45) is 0 Å². The van der Waals surface area contributed by atoms with Crippen LogP contribution >= 0.6 is 0 Å². The van der Waals surface area contributed by atoms with Crippen molar-refractivity contribution in [2.75, 3.05) is 6.54 Å². The predicted octanol–water partition coefficient (Wildman–Crippen LogP) is 3.05. The summed E-state index contributed by atoms with van der Waals surface area (Å²) in [6, 6.07) is 17.0. The summed E-state index contributed by atoms with van der Waals surface area (Å²) in [6.07, 6.45) is 2.80. The third-order valence-corrected chi connectivity index (χ3v) is 5.89. The molecule has 0 aliphatic carbocycles. The molecule has 5 nitrogen and oxygen atoms in total. The van der Waals surface area contributed by atoms with E-state index in [1.807, 2.05) is 25.1 Å². The molecule has 146 valence electrons. The topological polar surface area (TPSA) is 75.3 Å².